The van der Waals surface area contributed by atoms with Crippen molar-refractivity contribution < 1.29 is 4.74 Å². The van der Waals surface area contributed by atoms with Gasteiger partial charge in [-0.25, -0.2) is 0 Å². The van der Waals surface area contributed by atoms with Crippen molar-refractivity contribution in [3.63, 3.8) is 0 Å². The van der Waals surface area contributed by atoms with Gasteiger partial charge in [0.25, 0.3) is 0 Å². The van der Waals surface area contributed by atoms with Crippen LogP contribution in [0.15, 0.2) is 28.7 Å². The van der Waals surface area contributed by atoms with E-state index in [1.54, 1.807) is 7.11 Å². The summed E-state index contributed by atoms with van der Waals surface area (Å²) in [5.41, 5.74) is 8.20. The molecule has 4 nitrogen and oxygen atoms in total. The lowest BCUT2D eigenvalue weighted by Gasteiger charge is -2.06. The lowest BCUT2D eigenvalue weighted by molar-refractivity contribution is 0.416. The van der Waals surface area contributed by atoms with Crippen molar-refractivity contribution in [1.82, 2.24) is 10.2 Å². The van der Waals surface area contributed by atoms with Gasteiger partial charge >= 0.3 is 0 Å². The fourth-order valence-corrected chi connectivity index (χ4v) is 1.85. The number of hydrogen-bond acceptors (Lipinski definition) is 3. The highest BCUT2D eigenvalue weighted by molar-refractivity contribution is 9.10. The zero-order chi connectivity index (χ0) is 11.5. The Labute approximate surface area is 102 Å². The van der Waals surface area contributed by atoms with Gasteiger partial charge in [-0.2, -0.15) is 5.10 Å². The third kappa shape index (κ3) is 2.10. The molecule has 5 heteroatoms. The minimum Gasteiger partial charge on any atom is -0.496 e. The van der Waals surface area contributed by atoms with Crippen molar-refractivity contribution >= 4 is 15.9 Å². The molecule has 0 saturated carbocycles. The normalized spacial score (nSPS) is 10.4. The van der Waals surface area contributed by atoms with Crippen LogP contribution >= 0.6 is 15.9 Å². The van der Waals surface area contributed by atoms with Gasteiger partial charge in [0.05, 0.1) is 12.8 Å². The van der Waals surface area contributed by atoms with E-state index in [2.05, 4.69) is 26.1 Å². The van der Waals surface area contributed by atoms with Gasteiger partial charge in [-0.05, 0) is 24.3 Å². The monoisotopic (exact) mass is 281 g/mol. The van der Waals surface area contributed by atoms with E-state index in [9.17, 15) is 0 Å². The molecule has 0 fully saturated rings. The van der Waals surface area contributed by atoms with Crippen LogP contribution in [0.4, 0.5) is 0 Å². The molecule has 3 N–H and O–H groups in total. The second-order valence-corrected chi connectivity index (χ2v) is 4.24. The maximum atomic E-state index is 5.53. The van der Waals surface area contributed by atoms with E-state index in [1.165, 1.54) is 0 Å². The number of halogens is 1. The quantitative estimate of drug-likeness (QED) is 0.908. The molecule has 0 aliphatic heterocycles. The van der Waals surface area contributed by atoms with E-state index in [0.717, 1.165) is 27.2 Å². The summed E-state index contributed by atoms with van der Waals surface area (Å²) in [5, 5.41) is 7.08. The van der Waals surface area contributed by atoms with Crippen molar-refractivity contribution in [2.45, 2.75) is 6.54 Å². The number of nitrogens with zero attached hydrogens (tertiary/aromatic N) is 1. The summed E-state index contributed by atoms with van der Waals surface area (Å²) in [7, 11) is 1.64. The van der Waals surface area contributed by atoms with Crippen LogP contribution in [0.5, 0.6) is 5.75 Å². The van der Waals surface area contributed by atoms with Gasteiger partial charge in [-0.15, -0.1) is 0 Å². The van der Waals surface area contributed by atoms with Crippen LogP contribution in [0.3, 0.4) is 0 Å². The molecule has 0 saturated heterocycles. The zero-order valence-corrected chi connectivity index (χ0v) is 10.4. The van der Waals surface area contributed by atoms with E-state index in [0.29, 0.717) is 6.54 Å². The van der Waals surface area contributed by atoms with E-state index >= 15 is 0 Å². The molecule has 0 radical (unpaired) electrons. The fraction of sp³-hybridized carbons (Fsp3) is 0.182. The van der Waals surface area contributed by atoms with Crippen LogP contribution in [0.1, 0.15) is 5.69 Å². The second-order valence-electron chi connectivity index (χ2n) is 3.33. The first-order valence-electron chi connectivity index (χ1n) is 4.83. The van der Waals surface area contributed by atoms with Crippen LogP contribution < -0.4 is 10.5 Å². The summed E-state index contributed by atoms with van der Waals surface area (Å²) in [4.78, 5) is 0. The molecule has 84 valence electrons. The van der Waals surface area contributed by atoms with Crippen molar-refractivity contribution in [1.29, 1.82) is 0 Å². The number of nitrogens with one attached hydrogen (secondary N) is 1. The fourth-order valence-electron chi connectivity index (χ4n) is 1.48. The first kappa shape index (κ1) is 11.2. The molecule has 0 atom stereocenters. The molecule has 16 heavy (non-hydrogen) atoms. The van der Waals surface area contributed by atoms with Crippen LogP contribution in [-0.2, 0) is 6.54 Å². The third-order valence-electron chi connectivity index (χ3n) is 2.29. The number of H-pyrrole nitrogens is 1. The third-order valence-corrected chi connectivity index (χ3v) is 2.78. The Hall–Kier alpha value is -1.33. The highest BCUT2D eigenvalue weighted by Crippen LogP contribution is 2.31. The Morgan fingerprint density at radius 1 is 1.44 bits per heavy atom. The molecular formula is C11H12BrN3O. The molecule has 0 bridgehead atoms. The molecule has 0 amide bonds. The number of ether oxygens (including phenoxy) is 1. The molecule has 1 aromatic carbocycles. The Bertz CT molecular complexity index is 496. The highest BCUT2D eigenvalue weighted by atomic mass is 79.9. The lowest BCUT2D eigenvalue weighted by atomic mass is 10.1. The largest absolute Gasteiger partial charge is 0.496 e. The Morgan fingerprint density at radius 3 is 2.88 bits per heavy atom. The molecule has 0 aliphatic rings. The van der Waals surface area contributed by atoms with Crippen molar-refractivity contribution in [3.05, 3.63) is 34.4 Å². The van der Waals surface area contributed by atoms with Gasteiger partial charge in [0.15, 0.2) is 0 Å². The van der Waals surface area contributed by atoms with E-state index in [1.807, 2.05) is 24.3 Å². The summed E-state index contributed by atoms with van der Waals surface area (Å²) >= 11 is 3.43. The summed E-state index contributed by atoms with van der Waals surface area (Å²) in [6, 6.07) is 7.72. The van der Waals surface area contributed by atoms with Crippen LogP contribution in [-0.4, -0.2) is 17.3 Å². The smallest absolute Gasteiger partial charge is 0.128 e. The summed E-state index contributed by atoms with van der Waals surface area (Å²) in [6.07, 6.45) is 0. The predicted octanol–water partition coefficient (Wildman–Crippen LogP) is 2.31. The number of nitrogens with two attached hydrogens (primary N) is 1. The molecule has 2 aromatic rings. The molecule has 1 heterocycles. The van der Waals surface area contributed by atoms with Gasteiger partial charge in [-0.1, -0.05) is 15.9 Å². The maximum Gasteiger partial charge on any atom is 0.128 e. The number of hydrogen-bond donors (Lipinski definition) is 2. The van der Waals surface area contributed by atoms with Crippen molar-refractivity contribution in [2.75, 3.05) is 7.11 Å². The first-order valence-corrected chi connectivity index (χ1v) is 5.62. The number of aromatic nitrogens is 2. The summed E-state index contributed by atoms with van der Waals surface area (Å²) in [5.74, 6) is 0.790. The zero-order valence-electron chi connectivity index (χ0n) is 8.83. The minimum absolute atomic E-state index is 0.448. The average Bonchev–Trinajstić information content (AvgIpc) is 2.77. The summed E-state index contributed by atoms with van der Waals surface area (Å²) < 4.78 is 6.28. The maximum absolute atomic E-state index is 5.53. The Kier molecular flexibility index (Phi) is 3.26. The van der Waals surface area contributed by atoms with E-state index in [-0.39, 0.29) is 0 Å². The van der Waals surface area contributed by atoms with E-state index in [4.69, 9.17) is 10.5 Å². The number of benzene rings is 1. The molecule has 1 aromatic heterocycles. The van der Waals surface area contributed by atoms with Gasteiger partial charge in [0, 0.05) is 22.3 Å². The predicted molar refractivity (Wildman–Crippen MR) is 66.2 cm³/mol. The van der Waals surface area contributed by atoms with Crippen LogP contribution in [0.25, 0.3) is 11.3 Å². The number of aromatic amines is 1. The van der Waals surface area contributed by atoms with Gasteiger partial charge in [-0.3, -0.25) is 5.10 Å². The number of methoxy groups -OCH3 is 1. The molecule has 0 spiro atoms. The number of rotatable bonds is 3. The average molecular weight is 282 g/mol. The topological polar surface area (TPSA) is 63.9 Å². The summed E-state index contributed by atoms with van der Waals surface area (Å²) in [6.45, 7) is 0.448. The SMILES string of the molecule is COc1ccc(Br)cc1-c1cc(CN)[nH]n1. The second kappa shape index (κ2) is 4.67. The minimum atomic E-state index is 0.448. The van der Waals surface area contributed by atoms with Crippen LogP contribution in [0, 0.1) is 0 Å². The molecule has 0 aliphatic carbocycles. The highest BCUT2D eigenvalue weighted by Gasteiger charge is 2.09. The first-order chi connectivity index (χ1) is 7.74. The van der Waals surface area contributed by atoms with Gasteiger partial charge in [0.2, 0.25) is 0 Å². The Balaban J connectivity index is 2.49. The molecular weight excluding hydrogens is 270 g/mol. The van der Waals surface area contributed by atoms with Gasteiger partial charge in [0.1, 0.15) is 5.75 Å². The standard InChI is InChI=1S/C11H12BrN3O/c1-16-11-3-2-7(12)4-9(11)10-5-8(6-13)14-15-10/h2-5H,6,13H2,1H3,(H,14,15). The van der Waals surface area contributed by atoms with E-state index < -0.39 is 0 Å². The Morgan fingerprint density at radius 2 is 2.25 bits per heavy atom. The molecule has 0 unspecified atom stereocenters. The molecule has 2 rings (SSSR count). The van der Waals surface area contributed by atoms with Crippen molar-refractivity contribution in [2.24, 2.45) is 5.73 Å². The van der Waals surface area contributed by atoms with Crippen LogP contribution in [0.2, 0.25) is 0 Å². The van der Waals surface area contributed by atoms with Gasteiger partial charge < -0.3 is 10.5 Å². The van der Waals surface area contributed by atoms with Crippen molar-refractivity contribution in [3.8, 4) is 17.0 Å². The lowest BCUT2D eigenvalue weighted by Crippen LogP contribution is -1.95.